The van der Waals surface area contributed by atoms with Crippen molar-refractivity contribution >= 4 is 0 Å². The maximum absolute atomic E-state index is 5.62. The van der Waals surface area contributed by atoms with E-state index in [1.807, 2.05) is 43.3 Å². The Morgan fingerprint density at radius 3 is 2.44 bits per heavy atom. The summed E-state index contributed by atoms with van der Waals surface area (Å²) in [6.07, 6.45) is 0. The fourth-order valence-corrected chi connectivity index (χ4v) is 1.58. The summed E-state index contributed by atoms with van der Waals surface area (Å²) in [6.45, 7) is 3.38. The Bertz CT molecular complexity index is 493. The Labute approximate surface area is 106 Å². The Hall–Kier alpha value is -1.94. The molecule has 0 radical (unpaired) electrons. The van der Waals surface area contributed by atoms with Gasteiger partial charge in [0.1, 0.15) is 29.6 Å². The predicted octanol–water partition coefficient (Wildman–Crippen LogP) is 2.72. The van der Waals surface area contributed by atoms with Gasteiger partial charge in [-0.25, -0.2) is 0 Å². The van der Waals surface area contributed by atoms with Crippen LogP contribution in [0.5, 0.6) is 11.5 Å². The first-order valence-electron chi connectivity index (χ1n) is 5.95. The number of hydrogen-bond acceptors (Lipinski definition) is 4. The Kier molecular flexibility index (Phi) is 4.25. The monoisotopic (exact) mass is 247 g/mol. The zero-order valence-corrected chi connectivity index (χ0v) is 10.4. The summed E-state index contributed by atoms with van der Waals surface area (Å²) in [5, 5.41) is 0. The van der Waals surface area contributed by atoms with Crippen LogP contribution >= 0.6 is 0 Å². The van der Waals surface area contributed by atoms with Crippen molar-refractivity contribution in [2.45, 2.75) is 20.1 Å². The van der Waals surface area contributed by atoms with Crippen LogP contribution in [-0.2, 0) is 13.2 Å². The first-order chi connectivity index (χ1) is 8.81. The molecule has 0 unspecified atom stereocenters. The highest BCUT2D eigenvalue weighted by Crippen LogP contribution is 2.20. The Balaban J connectivity index is 1.94. The number of ether oxygens (including phenoxy) is 2. The van der Waals surface area contributed by atoms with Crippen molar-refractivity contribution in [1.29, 1.82) is 0 Å². The molecule has 2 N–H and O–H groups in total. The van der Waals surface area contributed by atoms with E-state index in [4.69, 9.17) is 19.6 Å². The number of hydrogen-bond donors (Lipinski definition) is 1. The Morgan fingerprint density at radius 2 is 1.78 bits per heavy atom. The highest BCUT2D eigenvalue weighted by Gasteiger charge is 2.02. The van der Waals surface area contributed by atoms with Crippen LogP contribution < -0.4 is 15.2 Å². The van der Waals surface area contributed by atoms with Crippen LogP contribution in [0.25, 0.3) is 0 Å². The molecule has 0 fully saturated rings. The van der Waals surface area contributed by atoms with Crippen LogP contribution in [-0.4, -0.2) is 6.61 Å². The van der Waals surface area contributed by atoms with E-state index >= 15 is 0 Å². The Morgan fingerprint density at radius 1 is 1.06 bits per heavy atom. The molecule has 0 aliphatic rings. The van der Waals surface area contributed by atoms with Crippen molar-refractivity contribution < 1.29 is 13.9 Å². The van der Waals surface area contributed by atoms with Crippen LogP contribution in [0.1, 0.15) is 18.4 Å². The summed E-state index contributed by atoms with van der Waals surface area (Å²) in [7, 11) is 0. The summed E-state index contributed by atoms with van der Waals surface area (Å²) < 4.78 is 16.5. The van der Waals surface area contributed by atoms with E-state index < -0.39 is 0 Å². The van der Waals surface area contributed by atoms with Gasteiger partial charge in [-0.05, 0) is 31.2 Å². The molecule has 0 saturated carbocycles. The molecule has 0 spiro atoms. The van der Waals surface area contributed by atoms with Crippen molar-refractivity contribution in [3.05, 3.63) is 47.9 Å². The molecule has 0 aliphatic heterocycles. The molecule has 1 aromatic carbocycles. The van der Waals surface area contributed by atoms with Gasteiger partial charge in [-0.15, -0.1) is 0 Å². The van der Waals surface area contributed by atoms with Gasteiger partial charge in [0.15, 0.2) is 0 Å². The minimum absolute atomic E-state index is 0.385. The lowest BCUT2D eigenvalue weighted by molar-refractivity contribution is 0.263. The smallest absolute Gasteiger partial charge is 0.146 e. The number of furan rings is 1. The van der Waals surface area contributed by atoms with Crippen LogP contribution in [0.2, 0.25) is 0 Å². The molecule has 4 heteroatoms. The quantitative estimate of drug-likeness (QED) is 0.852. The van der Waals surface area contributed by atoms with Gasteiger partial charge in [0.05, 0.1) is 13.2 Å². The zero-order chi connectivity index (χ0) is 12.8. The normalized spacial score (nSPS) is 10.3. The van der Waals surface area contributed by atoms with Gasteiger partial charge in [0.25, 0.3) is 0 Å². The average Bonchev–Trinajstić information content (AvgIpc) is 2.85. The predicted molar refractivity (Wildman–Crippen MR) is 68.5 cm³/mol. The first kappa shape index (κ1) is 12.5. The molecule has 4 nitrogen and oxygen atoms in total. The van der Waals surface area contributed by atoms with E-state index in [9.17, 15) is 0 Å². The molecule has 1 aromatic heterocycles. The SMILES string of the molecule is CCOc1cccc(OCc2ccc(CN)o2)c1. The molecule has 2 aromatic rings. The lowest BCUT2D eigenvalue weighted by atomic mass is 10.3. The first-order valence-corrected chi connectivity index (χ1v) is 5.95. The minimum atomic E-state index is 0.385. The standard InChI is InChI=1S/C14H17NO3/c1-2-16-11-4-3-5-12(8-11)17-10-14-7-6-13(9-15)18-14/h3-8H,2,9-10,15H2,1H3. The fourth-order valence-electron chi connectivity index (χ4n) is 1.58. The number of rotatable bonds is 6. The molecule has 1 heterocycles. The summed E-state index contributed by atoms with van der Waals surface area (Å²) in [4.78, 5) is 0. The molecule has 2 rings (SSSR count). The maximum atomic E-state index is 5.62. The van der Waals surface area contributed by atoms with Crippen molar-refractivity contribution in [3.63, 3.8) is 0 Å². The summed E-state index contributed by atoms with van der Waals surface area (Å²) >= 11 is 0. The van der Waals surface area contributed by atoms with E-state index in [-0.39, 0.29) is 0 Å². The molecular weight excluding hydrogens is 230 g/mol. The highest BCUT2D eigenvalue weighted by atomic mass is 16.5. The van der Waals surface area contributed by atoms with E-state index in [0.29, 0.717) is 19.8 Å². The third-order valence-electron chi connectivity index (χ3n) is 2.42. The van der Waals surface area contributed by atoms with Crippen molar-refractivity contribution in [1.82, 2.24) is 0 Å². The fraction of sp³-hybridized carbons (Fsp3) is 0.286. The van der Waals surface area contributed by atoms with Gasteiger partial charge < -0.3 is 19.6 Å². The molecule has 0 atom stereocenters. The number of benzene rings is 1. The van der Waals surface area contributed by atoms with Crippen LogP contribution in [0, 0.1) is 0 Å². The molecule has 0 bridgehead atoms. The van der Waals surface area contributed by atoms with Gasteiger partial charge in [0.2, 0.25) is 0 Å². The van der Waals surface area contributed by atoms with Crippen LogP contribution in [0.3, 0.4) is 0 Å². The van der Waals surface area contributed by atoms with Gasteiger partial charge in [-0.1, -0.05) is 6.07 Å². The summed E-state index contributed by atoms with van der Waals surface area (Å²) in [6, 6.07) is 11.3. The molecule has 0 saturated heterocycles. The topological polar surface area (TPSA) is 57.6 Å². The van der Waals surface area contributed by atoms with Crippen molar-refractivity contribution in [3.8, 4) is 11.5 Å². The van der Waals surface area contributed by atoms with Gasteiger partial charge in [-0.2, -0.15) is 0 Å². The lowest BCUT2D eigenvalue weighted by Gasteiger charge is -2.07. The summed E-state index contributed by atoms with van der Waals surface area (Å²) in [5.74, 6) is 3.08. The zero-order valence-electron chi connectivity index (χ0n) is 10.4. The second kappa shape index (κ2) is 6.12. The van der Waals surface area contributed by atoms with Gasteiger partial charge in [0, 0.05) is 6.07 Å². The molecule has 0 aliphatic carbocycles. The van der Waals surface area contributed by atoms with E-state index in [2.05, 4.69) is 0 Å². The molecule has 0 amide bonds. The number of nitrogens with two attached hydrogens (primary N) is 1. The van der Waals surface area contributed by atoms with E-state index in [1.54, 1.807) is 0 Å². The molecule has 18 heavy (non-hydrogen) atoms. The third-order valence-corrected chi connectivity index (χ3v) is 2.42. The third kappa shape index (κ3) is 3.28. The van der Waals surface area contributed by atoms with Crippen LogP contribution in [0.4, 0.5) is 0 Å². The second-order valence-electron chi connectivity index (χ2n) is 3.77. The second-order valence-corrected chi connectivity index (χ2v) is 3.77. The maximum Gasteiger partial charge on any atom is 0.146 e. The van der Waals surface area contributed by atoms with Crippen LogP contribution in [0.15, 0.2) is 40.8 Å². The summed E-state index contributed by atoms with van der Waals surface area (Å²) in [5.41, 5.74) is 5.47. The van der Waals surface area contributed by atoms with Gasteiger partial charge >= 0.3 is 0 Å². The van der Waals surface area contributed by atoms with Crippen molar-refractivity contribution in [2.24, 2.45) is 5.73 Å². The molecule has 96 valence electrons. The lowest BCUT2D eigenvalue weighted by Crippen LogP contribution is -1.96. The molecular formula is C14H17NO3. The van der Waals surface area contributed by atoms with E-state index in [1.165, 1.54) is 0 Å². The van der Waals surface area contributed by atoms with E-state index in [0.717, 1.165) is 23.0 Å². The largest absolute Gasteiger partial charge is 0.494 e. The average molecular weight is 247 g/mol. The van der Waals surface area contributed by atoms with Crippen molar-refractivity contribution in [2.75, 3.05) is 6.61 Å². The highest BCUT2D eigenvalue weighted by molar-refractivity contribution is 5.33. The minimum Gasteiger partial charge on any atom is -0.494 e. The van der Waals surface area contributed by atoms with Gasteiger partial charge in [-0.3, -0.25) is 0 Å².